The third-order valence-electron chi connectivity index (χ3n) is 3.98. The van der Waals surface area contributed by atoms with Crippen LogP contribution < -0.4 is 14.8 Å². The van der Waals surface area contributed by atoms with E-state index in [1.54, 1.807) is 14.0 Å². The van der Waals surface area contributed by atoms with Crippen molar-refractivity contribution in [3.05, 3.63) is 59.2 Å². The molecular formula is C21H27NO3. The first-order valence-corrected chi connectivity index (χ1v) is 8.63. The maximum atomic E-state index is 12.2. The second-order valence-corrected chi connectivity index (χ2v) is 6.33. The summed E-state index contributed by atoms with van der Waals surface area (Å²) in [7, 11) is 1.66. The minimum absolute atomic E-state index is 0.0890. The lowest BCUT2D eigenvalue weighted by atomic mass is 10.1. The number of hydrogen-bond donors (Lipinski definition) is 1. The Hall–Kier alpha value is -2.49. The summed E-state index contributed by atoms with van der Waals surface area (Å²) in [6.07, 6.45) is 1.28. The van der Waals surface area contributed by atoms with Gasteiger partial charge in [-0.2, -0.15) is 0 Å². The number of methoxy groups -OCH3 is 1. The standard InChI is InChI=1S/C21H27NO3/c1-15-12-16(2)14-20(13-15)25-17(3)21(23)22-11-5-6-18-7-9-19(24-4)10-8-18/h7-10,12-14,17H,5-6,11H2,1-4H3,(H,22,23)/t17-/m1/s1. The predicted octanol–water partition coefficient (Wildman–Crippen LogP) is 3.83. The van der Waals surface area contributed by atoms with Gasteiger partial charge in [0.1, 0.15) is 11.5 Å². The van der Waals surface area contributed by atoms with E-state index in [-0.39, 0.29) is 5.91 Å². The average molecular weight is 341 g/mol. The molecule has 0 heterocycles. The molecule has 0 saturated heterocycles. The third kappa shape index (κ3) is 6.14. The van der Waals surface area contributed by atoms with Crippen LogP contribution in [-0.2, 0) is 11.2 Å². The Labute approximate surface area is 150 Å². The molecule has 0 aliphatic heterocycles. The fraction of sp³-hybridized carbons (Fsp3) is 0.381. The van der Waals surface area contributed by atoms with E-state index in [0.29, 0.717) is 6.54 Å². The van der Waals surface area contributed by atoms with Gasteiger partial charge >= 0.3 is 0 Å². The lowest BCUT2D eigenvalue weighted by Crippen LogP contribution is -2.37. The van der Waals surface area contributed by atoms with Crippen LogP contribution in [-0.4, -0.2) is 25.7 Å². The Morgan fingerprint density at radius 2 is 1.68 bits per heavy atom. The van der Waals surface area contributed by atoms with Gasteiger partial charge in [-0.1, -0.05) is 18.2 Å². The smallest absolute Gasteiger partial charge is 0.260 e. The fourth-order valence-corrected chi connectivity index (χ4v) is 2.70. The molecule has 0 aromatic heterocycles. The number of rotatable bonds is 8. The normalized spacial score (nSPS) is 11.7. The lowest BCUT2D eigenvalue weighted by Gasteiger charge is -2.15. The number of ether oxygens (including phenoxy) is 2. The predicted molar refractivity (Wildman–Crippen MR) is 100 cm³/mol. The van der Waals surface area contributed by atoms with Crippen LogP contribution in [0.15, 0.2) is 42.5 Å². The molecule has 2 aromatic carbocycles. The van der Waals surface area contributed by atoms with Gasteiger partial charge in [0.05, 0.1) is 7.11 Å². The van der Waals surface area contributed by atoms with Gasteiger partial charge < -0.3 is 14.8 Å². The number of carbonyl (C=O) groups excluding carboxylic acids is 1. The van der Waals surface area contributed by atoms with E-state index in [9.17, 15) is 4.79 Å². The maximum Gasteiger partial charge on any atom is 0.260 e. The van der Waals surface area contributed by atoms with Crippen LogP contribution in [0.3, 0.4) is 0 Å². The van der Waals surface area contributed by atoms with Gasteiger partial charge in [-0.05, 0) is 74.6 Å². The molecule has 0 spiro atoms. The molecule has 0 unspecified atom stereocenters. The SMILES string of the molecule is COc1ccc(CCCNC(=O)[C@@H](C)Oc2cc(C)cc(C)c2)cc1. The first-order chi connectivity index (χ1) is 12.0. The molecule has 0 bridgehead atoms. The van der Waals surface area contributed by atoms with Crippen LogP contribution >= 0.6 is 0 Å². The second-order valence-electron chi connectivity index (χ2n) is 6.33. The van der Waals surface area contributed by atoms with Gasteiger partial charge in [-0.25, -0.2) is 0 Å². The first kappa shape index (κ1) is 18.8. The zero-order valence-corrected chi connectivity index (χ0v) is 15.5. The number of amides is 1. The van der Waals surface area contributed by atoms with Crippen molar-refractivity contribution < 1.29 is 14.3 Å². The molecule has 0 radical (unpaired) electrons. The number of nitrogens with one attached hydrogen (secondary N) is 1. The molecule has 0 aliphatic rings. The molecule has 1 atom stereocenters. The van der Waals surface area contributed by atoms with Crippen LogP contribution in [0.4, 0.5) is 0 Å². The quantitative estimate of drug-likeness (QED) is 0.742. The summed E-state index contributed by atoms with van der Waals surface area (Å²) in [5.74, 6) is 1.50. The Balaban J connectivity index is 1.73. The van der Waals surface area contributed by atoms with Gasteiger partial charge in [0, 0.05) is 6.54 Å². The molecule has 134 valence electrons. The Morgan fingerprint density at radius 3 is 2.28 bits per heavy atom. The zero-order chi connectivity index (χ0) is 18.2. The van der Waals surface area contributed by atoms with Gasteiger partial charge in [0.15, 0.2) is 6.10 Å². The van der Waals surface area contributed by atoms with Gasteiger partial charge in [0.2, 0.25) is 0 Å². The van der Waals surface area contributed by atoms with Crippen LogP contribution in [0, 0.1) is 13.8 Å². The molecule has 1 N–H and O–H groups in total. The minimum atomic E-state index is -0.512. The van der Waals surface area contributed by atoms with Gasteiger partial charge in [-0.3, -0.25) is 4.79 Å². The molecule has 25 heavy (non-hydrogen) atoms. The molecule has 0 aliphatic carbocycles. The molecular weight excluding hydrogens is 314 g/mol. The van der Waals surface area contributed by atoms with Crippen LogP contribution in [0.25, 0.3) is 0 Å². The highest BCUT2D eigenvalue weighted by molar-refractivity contribution is 5.80. The van der Waals surface area contributed by atoms with Crippen molar-refractivity contribution in [3.8, 4) is 11.5 Å². The van der Waals surface area contributed by atoms with Crippen molar-refractivity contribution in [1.29, 1.82) is 0 Å². The van der Waals surface area contributed by atoms with Crippen LogP contribution in [0.1, 0.15) is 30.0 Å². The topological polar surface area (TPSA) is 47.6 Å². The highest BCUT2D eigenvalue weighted by Crippen LogP contribution is 2.17. The maximum absolute atomic E-state index is 12.2. The summed E-state index contributed by atoms with van der Waals surface area (Å²) in [6.45, 7) is 6.44. The first-order valence-electron chi connectivity index (χ1n) is 8.63. The molecule has 0 fully saturated rings. The number of aryl methyl sites for hydroxylation is 3. The highest BCUT2D eigenvalue weighted by Gasteiger charge is 2.14. The summed E-state index contributed by atoms with van der Waals surface area (Å²) in [6, 6.07) is 14.0. The third-order valence-corrected chi connectivity index (χ3v) is 3.98. The van der Waals surface area contributed by atoms with E-state index >= 15 is 0 Å². The summed E-state index contributed by atoms with van der Waals surface area (Å²) in [4.78, 5) is 12.2. The average Bonchev–Trinajstić information content (AvgIpc) is 2.58. The Morgan fingerprint density at radius 1 is 1.04 bits per heavy atom. The fourth-order valence-electron chi connectivity index (χ4n) is 2.70. The molecule has 1 amide bonds. The van der Waals surface area contributed by atoms with E-state index in [4.69, 9.17) is 9.47 Å². The molecule has 4 heteroatoms. The summed E-state index contributed by atoms with van der Waals surface area (Å²) < 4.78 is 10.9. The summed E-state index contributed by atoms with van der Waals surface area (Å²) in [5, 5.41) is 2.94. The van der Waals surface area contributed by atoms with E-state index < -0.39 is 6.10 Å². The number of hydrogen-bond acceptors (Lipinski definition) is 3. The lowest BCUT2D eigenvalue weighted by molar-refractivity contribution is -0.127. The van der Waals surface area contributed by atoms with E-state index in [0.717, 1.165) is 35.5 Å². The monoisotopic (exact) mass is 341 g/mol. The Bertz CT molecular complexity index is 675. The molecule has 2 rings (SSSR count). The van der Waals surface area contributed by atoms with Gasteiger partial charge in [-0.15, -0.1) is 0 Å². The second kappa shape index (κ2) is 9.11. The van der Waals surface area contributed by atoms with Crippen molar-refractivity contribution >= 4 is 5.91 Å². The highest BCUT2D eigenvalue weighted by atomic mass is 16.5. The minimum Gasteiger partial charge on any atom is -0.497 e. The largest absolute Gasteiger partial charge is 0.497 e. The molecule has 2 aromatic rings. The van der Waals surface area contributed by atoms with Crippen molar-refractivity contribution in [2.45, 2.75) is 39.7 Å². The summed E-state index contributed by atoms with van der Waals surface area (Å²) in [5.41, 5.74) is 3.48. The van der Waals surface area contributed by atoms with Crippen molar-refractivity contribution in [2.24, 2.45) is 0 Å². The van der Waals surface area contributed by atoms with Crippen LogP contribution in [0.5, 0.6) is 11.5 Å². The number of benzene rings is 2. The van der Waals surface area contributed by atoms with Crippen molar-refractivity contribution in [1.82, 2.24) is 5.32 Å². The summed E-state index contributed by atoms with van der Waals surface area (Å²) >= 11 is 0. The number of carbonyl (C=O) groups is 1. The molecule has 0 saturated carbocycles. The van der Waals surface area contributed by atoms with E-state index in [2.05, 4.69) is 11.4 Å². The van der Waals surface area contributed by atoms with Crippen LogP contribution in [0.2, 0.25) is 0 Å². The zero-order valence-electron chi connectivity index (χ0n) is 15.5. The molecule has 4 nitrogen and oxygen atoms in total. The van der Waals surface area contributed by atoms with Gasteiger partial charge in [0.25, 0.3) is 5.91 Å². The van der Waals surface area contributed by atoms with Crippen molar-refractivity contribution in [3.63, 3.8) is 0 Å². The van der Waals surface area contributed by atoms with E-state index in [1.807, 2.05) is 50.2 Å². The van der Waals surface area contributed by atoms with Crippen molar-refractivity contribution in [2.75, 3.05) is 13.7 Å². The van der Waals surface area contributed by atoms with E-state index in [1.165, 1.54) is 5.56 Å². The Kier molecular flexibility index (Phi) is 6.87.